The highest BCUT2D eigenvalue weighted by Crippen LogP contribution is 2.08. The maximum Gasteiger partial charge on any atom is 0.306 e. The van der Waals surface area contributed by atoms with Crippen LogP contribution in [0.4, 0.5) is 0 Å². The number of hydrogen-bond donors (Lipinski definition) is 1. The average molecular weight is 239 g/mol. The van der Waals surface area contributed by atoms with Crippen LogP contribution in [0.5, 0.6) is 0 Å². The Morgan fingerprint density at radius 3 is 2.67 bits per heavy atom. The molecule has 0 aromatic heterocycles. The normalized spacial score (nSPS) is 15.3. The second-order valence-electron chi connectivity index (χ2n) is 2.95. The van der Waals surface area contributed by atoms with Crippen LogP contribution in [0.3, 0.4) is 0 Å². The third-order valence-corrected chi connectivity index (χ3v) is 2.00. The van der Waals surface area contributed by atoms with Crippen molar-refractivity contribution in [2.45, 2.75) is 32.3 Å². The summed E-state index contributed by atoms with van der Waals surface area (Å²) >= 11 is 3.12. The number of halogens is 1. The fourth-order valence-electron chi connectivity index (χ4n) is 0.487. The van der Waals surface area contributed by atoms with Gasteiger partial charge < -0.3 is 9.84 Å². The summed E-state index contributed by atoms with van der Waals surface area (Å²) in [4.78, 5) is 10.8. The van der Waals surface area contributed by atoms with E-state index in [0.29, 0.717) is 18.2 Å². The van der Waals surface area contributed by atoms with Gasteiger partial charge in [-0.3, -0.25) is 4.79 Å². The number of rotatable bonds is 5. The molecule has 1 N–H and O–H groups in total. The molecule has 0 aliphatic carbocycles. The summed E-state index contributed by atoms with van der Waals surface area (Å²) < 4.78 is 4.82. The zero-order valence-corrected chi connectivity index (χ0v) is 9.06. The van der Waals surface area contributed by atoms with Crippen LogP contribution >= 0.6 is 15.9 Å². The van der Waals surface area contributed by atoms with Gasteiger partial charge in [0, 0.05) is 5.33 Å². The zero-order chi connectivity index (χ0) is 9.61. The van der Waals surface area contributed by atoms with Crippen molar-refractivity contribution in [1.29, 1.82) is 0 Å². The van der Waals surface area contributed by atoms with Crippen molar-refractivity contribution in [3.63, 3.8) is 0 Å². The topological polar surface area (TPSA) is 46.5 Å². The van der Waals surface area contributed by atoms with Crippen LogP contribution in [-0.2, 0) is 9.53 Å². The summed E-state index contributed by atoms with van der Waals surface area (Å²) in [5.41, 5.74) is -0.887. The molecule has 0 radical (unpaired) electrons. The van der Waals surface area contributed by atoms with Gasteiger partial charge in [0.05, 0.1) is 12.0 Å². The van der Waals surface area contributed by atoms with Crippen LogP contribution in [0.25, 0.3) is 0 Å². The minimum Gasteiger partial charge on any atom is -0.463 e. The third-order valence-electron chi connectivity index (χ3n) is 1.60. The first-order chi connectivity index (χ1) is 5.52. The first-order valence-electron chi connectivity index (χ1n) is 3.96. The summed E-state index contributed by atoms with van der Waals surface area (Å²) in [6.07, 6.45) is 0.925. The molecule has 12 heavy (non-hydrogen) atoms. The Balaban J connectivity index is 3.60. The average Bonchev–Trinajstić information content (AvgIpc) is 2.02. The first kappa shape index (κ1) is 11.9. The Kier molecular flexibility index (Phi) is 5.50. The van der Waals surface area contributed by atoms with Crippen molar-refractivity contribution in [2.75, 3.05) is 11.9 Å². The molecule has 0 amide bonds. The summed E-state index contributed by atoms with van der Waals surface area (Å²) in [6, 6.07) is 0. The SMILES string of the molecule is CC[C@](C)(O)COC(=O)CCBr. The molecular formula is C8H15BrO3. The van der Waals surface area contributed by atoms with E-state index in [4.69, 9.17) is 4.74 Å². The van der Waals surface area contributed by atoms with E-state index in [9.17, 15) is 9.90 Å². The Morgan fingerprint density at radius 2 is 2.25 bits per heavy atom. The van der Waals surface area contributed by atoms with Crippen LogP contribution in [0.1, 0.15) is 26.7 Å². The van der Waals surface area contributed by atoms with E-state index in [2.05, 4.69) is 15.9 Å². The predicted molar refractivity (Wildman–Crippen MR) is 50.3 cm³/mol. The van der Waals surface area contributed by atoms with Crippen molar-refractivity contribution in [3.05, 3.63) is 0 Å². The zero-order valence-electron chi connectivity index (χ0n) is 7.47. The molecule has 1 atom stereocenters. The van der Waals surface area contributed by atoms with Gasteiger partial charge in [-0.2, -0.15) is 0 Å². The number of esters is 1. The highest BCUT2D eigenvalue weighted by atomic mass is 79.9. The van der Waals surface area contributed by atoms with Gasteiger partial charge in [-0.05, 0) is 13.3 Å². The maximum absolute atomic E-state index is 10.8. The smallest absolute Gasteiger partial charge is 0.306 e. The molecule has 72 valence electrons. The van der Waals surface area contributed by atoms with Gasteiger partial charge in [0.15, 0.2) is 0 Å². The maximum atomic E-state index is 10.8. The first-order valence-corrected chi connectivity index (χ1v) is 5.08. The Bertz CT molecular complexity index is 145. The van der Waals surface area contributed by atoms with Crippen molar-refractivity contribution >= 4 is 21.9 Å². The summed E-state index contributed by atoms with van der Waals surface area (Å²) in [6.45, 7) is 3.57. The van der Waals surface area contributed by atoms with E-state index in [0.717, 1.165) is 0 Å². The van der Waals surface area contributed by atoms with Crippen molar-refractivity contribution in [1.82, 2.24) is 0 Å². The third kappa shape index (κ3) is 5.55. The largest absolute Gasteiger partial charge is 0.463 e. The van der Waals surface area contributed by atoms with E-state index < -0.39 is 5.60 Å². The van der Waals surface area contributed by atoms with Crippen LogP contribution in [0, 0.1) is 0 Å². The summed E-state index contributed by atoms with van der Waals surface area (Å²) in [5, 5.41) is 10.0. The quantitative estimate of drug-likeness (QED) is 0.583. The van der Waals surface area contributed by atoms with Gasteiger partial charge in [-0.15, -0.1) is 0 Å². The Labute approximate surface area is 81.2 Å². The molecule has 0 fully saturated rings. The highest BCUT2D eigenvalue weighted by Gasteiger charge is 2.19. The minimum atomic E-state index is -0.887. The van der Waals surface area contributed by atoms with Crippen molar-refractivity contribution in [3.8, 4) is 0 Å². The van der Waals surface area contributed by atoms with Gasteiger partial charge >= 0.3 is 5.97 Å². The predicted octanol–water partition coefficient (Wildman–Crippen LogP) is 1.48. The lowest BCUT2D eigenvalue weighted by Gasteiger charge is -2.20. The molecule has 3 nitrogen and oxygen atoms in total. The molecule has 0 heterocycles. The molecule has 4 heteroatoms. The highest BCUT2D eigenvalue weighted by molar-refractivity contribution is 9.09. The number of carbonyl (C=O) groups excluding carboxylic acids is 1. The van der Waals surface area contributed by atoms with Crippen LogP contribution in [0.15, 0.2) is 0 Å². The summed E-state index contributed by atoms with van der Waals surface area (Å²) in [5.74, 6) is -0.277. The molecule has 0 saturated carbocycles. The lowest BCUT2D eigenvalue weighted by atomic mass is 10.1. The van der Waals surface area contributed by atoms with E-state index in [1.807, 2.05) is 6.92 Å². The fourth-order valence-corrected chi connectivity index (χ4v) is 0.811. The summed E-state index contributed by atoms with van der Waals surface area (Å²) in [7, 11) is 0. The van der Waals surface area contributed by atoms with Crippen LogP contribution in [-0.4, -0.2) is 28.6 Å². The van der Waals surface area contributed by atoms with Crippen molar-refractivity contribution in [2.24, 2.45) is 0 Å². The lowest BCUT2D eigenvalue weighted by molar-refractivity contribution is -0.150. The molecule has 0 aliphatic rings. The number of ether oxygens (including phenoxy) is 1. The monoisotopic (exact) mass is 238 g/mol. The molecule has 0 aromatic rings. The molecule has 0 aliphatic heterocycles. The van der Waals surface area contributed by atoms with Gasteiger partial charge in [-0.25, -0.2) is 0 Å². The van der Waals surface area contributed by atoms with Gasteiger partial charge in [0.2, 0.25) is 0 Å². The van der Waals surface area contributed by atoms with Gasteiger partial charge in [-0.1, -0.05) is 22.9 Å². The van der Waals surface area contributed by atoms with Crippen molar-refractivity contribution < 1.29 is 14.6 Å². The number of alkyl halides is 1. The standard InChI is InChI=1S/C8H15BrO3/c1-3-8(2,11)6-12-7(10)4-5-9/h11H,3-6H2,1-2H3/t8-/m0/s1. The fraction of sp³-hybridized carbons (Fsp3) is 0.875. The molecule has 0 rings (SSSR count). The van der Waals surface area contributed by atoms with E-state index in [1.165, 1.54) is 0 Å². The minimum absolute atomic E-state index is 0.0787. The molecule has 0 saturated heterocycles. The van der Waals surface area contributed by atoms with Gasteiger partial charge in [0.25, 0.3) is 0 Å². The molecule has 0 spiro atoms. The van der Waals surface area contributed by atoms with E-state index in [-0.39, 0.29) is 12.6 Å². The van der Waals surface area contributed by atoms with Crippen LogP contribution in [0.2, 0.25) is 0 Å². The lowest BCUT2D eigenvalue weighted by Crippen LogP contribution is -2.31. The second-order valence-corrected chi connectivity index (χ2v) is 3.74. The number of hydrogen-bond acceptors (Lipinski definition) is 3. The molecule has 0 unspecified atom stereocenters. The Hall–Kier alpha value is -0.0900. The Morgan fingerprint density at radius 1 is 1.67 bits per heavy atom. The molecule has 0 bridgehead atoms. The number of carbonyl (C=O) groups is 1. The van der Waals surface area contributed by atoms with Crippen LogP contribution < -0.4 is 0 Å². The number of aliphatic hydroxyl groups is 1. The molecular weight excluding hydrogens is 224 g/mol. The second kappa shape index (κ2) is 5.54. The van der Waals surface area contributed by atoms with Gasteiger partial charge in [0.1, 0.15) is 6.61 Å². The molecule has 0 aromatic carbocycles. The van der Waals surface area contributed by atoms with E-state index in [1.54, 1.807) is 6.92 Å². The van der Waals surface area contributed by atoms with E-state index >= 15 is 0 Å².